The van der Waals surface area contributed by atoms with Gasteiger partial charge in [-0.05, 0) is 55.2 Å². The lowest BCUT2D eigenvalue weighted by Gasteiger charge is -2.21. The van der Waals surface area contributed by atoms with Crippen LogP contribution in [0.1, 0.15) is 45.4 Å². The van der Waals surface area contributed by atoms with Crippen LogP contribution in [0.2, 0.25) is 0 Å². The summed E-state index contributed by atoms with van der Waals surface area (Å²) in [4.78, 5) is 23.7. The second-order valence-corrected chi connectivity index (χ2v) is 6.67. The Kier molecular flexibility index (Phi) is 4.46. The molecule has 0 radical (unpaired) electrons. The van der Waals surface area contributed by atoms with E-state index >= 15 is 0 Å². The third-order valence-corrected chi connectivity index (χ3v) is 5.08. The average Bonchev–Trinajstić information content (AvgIpc) is 3.10. The lowest BCUT2D eigenvalue weighted by atomic mass is 9.86. The third-order valence-electron chi connectivity index (χ3n) is 5.08. The van der Waals surface area contributed by atoms with Gasteiger partial charge in [-0.25, -0.2) is 0 Å². The minimum Gasteiger partial charge on any atom is -0.326 e. The third kappa shape index (κ3) is 3.49. The Morgan fingerprint density at radius 3 is 2.41 bits per heavy atom. The summed E-state index contributed by atoms with van der Waals surface area (Å²) in [7, 11) is 0. The standard InChI is InChI=1S/C18H24N2O2/c1-2-17(21)19-15-4-3-5-16(11-15)20-18(22)10-14-9-12-6-7-13(14)8-12/h3-5,11-14H,2,6-10H2,1H3,(H,19,21)(H,20,22). The van der Waals surface area contributed by atoms with Gasteiger partial charge in [-0.1, -0.05) is 19.4 Å². The van der Waals surface area contributed by atoms with Gasteiger partial charge in [-0.3, -0.25) is 9.59 Å². The maximum absolute atomic E-state index is 12.2. The Labute approximate surface area is 131 Å². The number of nitrogens with one attached hydrogen (secondary N) is 2. The second kappa shape index (κ2) is 6.51. The molecule has 22 heavy (non-hydrogen) atoms. The highest BCUT2D eigenvalue weighted by Crippen LogP contribution is 2.49. The van der Waals surface area contributed by atoms with E-state index < -0.39 is 0 Å². The summed E-state index contributed by atoms with van der Waals surface area (Å²) in [5.74, 6) is 2.28. The largest absolute Gasteiger partial charge is 0.326 e. The van der Waals surface area contributed by atoms with Crippen molar-refractivity contribution in [2.75, 3.05) is 10.6 Å². The molecule has 0 aliphatic heterocycles. The van der Waals surface area contributed by atoms with Crippen LogP contribution in [-0.2, 0) is 9.59 Å². The number of amides is 2. The average molecular weight is 300 g/mol. The minimum absolute atomic E-state index is 0.0227. The maximum atomic E-state index is 12.2. The number of hydrogen-bond donors (Lipinski definition) is 2. The summed E-state index contributed by atoms with van der Waals surface area (Å²) >= 11 is 0. The van der Waals surface area contributed by atoms with Crippen LogP contribution >= 0.6 is 0 Å². The van der Waals surface area contributed by atoms with Crippen LogP contribution in [0.4, 0.5) is 11.4 Å². The molecule has 2 fully saturated rings. The molecule has 3 atom stereocenters. The van der Waals surface area contributed by atoms with E-state index in [0.29, 0.717) is 18.8 Å². The molecule has 2 bridgehead atoms. The Balaban J connectivity index is 1.55. The first-order chi connectivity index (χ1) is 10.6. The van der Waals surface area contributed by atoms with E-state index in [1.807, 2.05) is 31.2 Å². The smallest absolute Gasteiger partial charge is 0.224 e. The Morgan fingerprint density at radius 1 is 1.09 bits per heavy atom. The van der Waals surface area contributed by atoms with E-state index in [9.17, 15) is 9.59 Å². The Hall–Kier alpha value is -1.84. The predicted octanol–water partition coefficient (Wildman–Crippen LogP) is 3.80. The maximum Gasteiger partial charge on any atom is 0.224 e. The van der Waals surface area contributed by atoms with Gasteiger partial charge in [0.25, 0.3) is 0 Å². The summed E-state index contributed by atoms with van der Waals surface area (Å²) < 4.78 is 0. The molecule has 4 nitrogen and oxygen atoms in total. The molecule has 118 valence electrons. The number of carbonyl (C=O) groups is 2. The molecule has 0 aromatic heterocycles. The summed E-state index contributed by atoms with van der Waals surface area (Å²) in [5, 5.41) is 5.78. The van der Waals surface area contributed by atoms with Crippen LogP contribution in [0.25, 0.3) is 0 Å². The van der Waals surface area contributed by atoms with Crippen molar-refractivity contribution in [2.45, 2.75) is 45.4 Å². The van der Waals surface area contributed by atoms with Crippen molar-refractivity contribution in [1.29, 1.82) is 0 Å². The van der Waals surface area contributed by atoms with Crippen LogP contribution in [-0.4, -0.2) is 11.8 Å². The van der Waals surface area contributed by atoms with Crippen molar-refractivity contribution >= 4 is 23.2 Å². The van der Waals surface area contributed by atoms with E-state index in [4.69, 9.17) is 0 Å². The first-order valence-electron chi connectivity index (χ1n) is 8.33. The summed E-state index contributed by atoms with van der Waals surface area (Å²) in [6, 6.07) is 7.35. The van der Waals surface area contributed by atoms with Crippen molar-refractivity contribution in [3.63, 3.8) is 0 Å². The van der Waals surface area contributed by atoms with Gasteiger partial charge in [0.15, 0.2) is 0 Å². The number of benzene rings is 1. The molecule has 0 saturated heterocycles. The van der Waals surface area contributed by atoms with Gasteiger partial charge in [0.05, 0.1) is 0 Å². The molecule has 0 spiro atoms. The van der Waals surface area contributed by atoms with Gasteiger partial charge in [0, 0.05) is 24.2 Å². The van der Waals surface area contributed by atoms with Crippen molar-refractivity contribution in [2.24, 2.45) is 17.8 Å². The monoisotopic (exact) mass is 300 g/mol. The number of carbonyl (C=O) groups excluding carboxylic acids is 2. The van der Waals surface area contributed by atoms with Gasteiger partial charge in [0.1, 0.15) is 0 Å². The van der Waals surface area contributed by atoms with Gasteiger partial charge in [-0.2, -0.15) is 0 Å². The second-order valence-electron chi connectivity index (χ2n) is 6.67. The summed E-state index contributed by atoms with van der Waals surface area (Å²) in [6.45, 7) is 1.82. The molecule has 1 aromatic rings. The molecule has 2 saturated carbocycles. The molecule has 2 aliphatic carbocycles. The SMILES string of the molecule is CCC(=O)Nc1cccc(NC(=O)CC2CC3CCC2C3)c1. The lowest BCUT2D eigenvalue weighted by molar-refractivity contribution is -0.117. The van der Waals surface area contributed by atoms with Gasteiger partial charge in [0.2, 0.25) is 11.8 Å². The van der Waals surface area contributed by atoms with Crippen molar-refractivity contribution in [3.8, 4) is 0 Å². The highest BCUT2D eigenvalue weighted by Gasteiger charge is 2.40. The number of fused-ring (bicyclic) bond motifs is 2. The molecule has 4 heteroatoms. The number of hydrogen-bond acceptors (Lipinski definition) is 2. The lowest BCUT2D eigenvalue weighted by Crippen LogP contribution is -2.20. The van der Waals surface area contributed by atoms with E-state index in [-0.39, 0.29) is 11.8 Å². The highest BCUT2D eigenvalue weighted by molar-refractivity contribution is 5.94. The molecular weight excluding hydrogens is 276 g/mol. The topological polar surface area (TPSA) is 58.2 Å². The van der Waals surface area contributed by atoms with Crippen LogP contribution in [0.3, 0.4) is 0 Å². The van der Waals surface area contributed by atoms with Crippen molar-refractivity contribution in [1.82, 2.24) is 0 Å². The molecule has 2 amide bonds. The van der Waals surface area contributed by atoms with Crippen LogP contribution in [0.5, 0.6) is 0 Å². The zero-order chi connectivity index (χ0) is 15.5. The van der Waals surface area contributed by atoms with Gasteiger partial charge in [-0.15, -0.1) is 0 Å². The molecule has 0 heterocycles. The quantitative estimate of drug-likeness (QED) is 0.869. The van der Waals surface area contributed by atoms with Crippen molar-refractivity contribution < 1.29 is 9.59 Å². The molecular formula is C18H24N2O2. The van der Waals surface area contributed by atoms with E-state index in [1.54, 1.807) is 0 Å². The fourth-order valence-electron chi connectivity index (χ4n) is 4.00. The highest BCUT2D eigenvalue weighted by atomic mass is 16.2. The predicted molar refractivity (Wildman–Crippen MR) is 87.5 cm³/mol. The van der Waals surface area contributed by atoms with Gasteiger partial charge < -0.3 is 10.6 Å². The van der Waals surface area contributed by atoms with E-state index in [2.05, 4.69) is 10.6 Å². The first-order valence-corrected chi connectivity index (χ1v) is 8.33. The number of rotatable bonds is 5. The minimum atomic E-state index is -0.0227. The first kappa shape index (κ1) is 15.1. The molecule has 2 aliphatic rings. The zero-order valence-electron chi connectivity index (χ0n) is 13.1. The summed E-state index contributed by atoms with van der Waals surface area (Å²) in [6.07, 6.45) is 6.30. The Bertz CT molecular complexity index is 570. The van der Waals surface area contributed by atoms with Crippen molar-refractivity contribution in [3.05, 3.63) is 24.3 Å². The number of anilines is 2. The van der Waals surface area contributed by atoms with E-state index in [1.165, 1.54) is 25.7 Å². The summed E-state index contributed by atoms with van der Waals surface area (Å²) in [5.41, 5.74) is 1.48. The van der Waals surface area contributed by atoms with E-state index in [0.717, 1.165) is 23.2 Å². The molecule has 3 rings (SSSR count). The zero-order valence-corrected chi connectivity index (χ0v) is 13.1. The fraction of sp³-hybridized carbons (Fsp3) is 0.556. The van der Waals surface area contributed by atoms with Gasteiger partial charge >= 0.3 is 0 Å². The molecule has 1 aromatic carbocycles. The molecule has 3 unspecified atom stereocenters. The molecule has 2 N–H and O–H groups in total. The Morgan fingerprint density at radius 2 is 1.82 bits per heavy atom. The normalized spacial score (nSPS) is 26.0. The van der Waals surface area contributed by atoms with Crippen LogP contribution < -0.4 is 10.6 Å². The fourth-order valence-corrected chi connectivity index (χ4v) is 4.00. The van der Waals surface area contributed by atoms with Crippen LogP contribution in [0.15, 0.2) is 24.3 Å². The van der Waals surface area contributed by atoms with Crippen LogP contribution in [0, 0.1) is 17.8 Å².